The number of hydrogen-bond donors (Lipinski definition) is 1. The standard InChI is InChI=1S/C23H36O3/c1-22-13-11-20-18(7-4-16-14-17(24)10-12-23(16,20)2)19(22)8-5-15(22)6-9-21(25)26-3/h4,15,17-20,24H,5-14H2,1-3H3/t15?,17?,18-,19?,20?,22?,23?/m0/s1. The van der Waals surface area contributed by atoms with E-state index in [1.165, 1.54) is 39.2 Å². The largest absolute Gasteiger partial charge is 0.469 e. The molecule has 0 aromatic rings. The van der Waals surface area contributed by atoms with Gasteiger partial charge in [0.05, 0.1) is 13.2 Å². The lowest BCUT2D eigenvalue weighted by Gasteiger charge is -2.58. The zero-order valence-corrected chi connectivity index (χ0v) is 16.8. The first-order chi connectivity index (χ1) is 12.4. The number of esters is 1. The Bertz CT molecular complexity index is 596. The molecule has 146 valence electrons. The highest BCUT2D eigenvalue weighted by Crippen LogP contribution is 2.66. The molecule has 4 aliphatic carbocycles. The van der Waals surface area contributed by atoms with Crippen LogP contribution in [0.25, 0.3) is 0 Å². The smallest absolute Gasteiger partial charge is 0.305 e. The molecule has 3 heteroatoms. The van der Waals surface area contributed by atoms with Gasteiger partial charge in [-0.1, -0.05) is 25.5 Å². The van der Waals surface area contributed by atoms with E-state index >= 15 is 0 Å². The fourth-order valence-corrected chi connectivity index (χ4v) is 7.62. The fraction of sp³-hybridized carbons (Fsp3) is 0.870. The van der Waals surface area contributed by atoms with Crippen LogP contribution in [0.2, 0.25) is 0 Å². The average molecular weight is 361 g/mol. The summed E-state index contributed by atoms with van der Waals surface area (Å²) in [7, 11) is 1.50. The Morgan fingerprint density at radius 2 is 2.00 bits per heavy atom. The fourth-order valence-electron chi connectivity index (χ4n) is 7.62. The third kappa shape index (κ3) is 2.77. The van der Waals surface area contributed by atoms with Crippen molar-refractivity contribution in [3.8, 4) is 0 Å². The van der Waals surface area contributed by atoms with Crippen molar-refractivity contribution in [3.63, 3.8) is 0 Å². The molecule has 4 aliphatic rings. The Hall–Kier alpha value is -0.830. The van der Waals surface area contributed by atoms with Crippen LogP contribution in [0.4, 0.5) is 0 Å². The van der Waals surface area contributed by atoms with Gasteiger partial charge in [-0.2, -0.15) is 0 Å². The quantitative estimate of drug-likeness (QED) is 0.576. The van der Waals surface area contributed by atoms with Crippen molar-refractivity contribution in [2.24, 2.45) is 34.5 Å². The maximum absolute atomic E-state index is 11.6. The maximum Gasteiger partial charge on any atom is 0.305 e. The maximum atomic E-state index is 11.6. The van der Waals surface area contributed by atoms with Crippen LogP contribution < -0.4 is 0 Å². The molecule has 4 rings (SSSR count). The number of carbonyl (C=O) groups is 1. The van der Waals surface area contributed by atoms with Crippen molar-refractivity contribution >= 4 is 5.97 Å². The normalized spacial score (nSPS) is 47.4. The Morgan fingerprint density at radius 3 is 2.77 bits per heavy atom. The van der Waals surface area contributed by atoms with E-state index in [9.17, 15) is 9.90 Å². The first kappa shape index (κ1) is 18.5. The predicted molar refractivity (Wildman–Crippen MR) is 102 cm³/mol. The van der Waals surface area contributed by atoms with E-state index in [0.29, 0.717) is 23.2 Å². The number of rotatable bonds is 3. The van der Waals surface area contributed by atoms with Gasteiger partial charge in [0, 0.05) is 6.42 Å². The third-order valence-electron chi connectivity index (χ3n) is 9.20. The summed E-state index contributed by atoms with van der Waals surface area (Å²) in [6, 6.07) is 0. The highest BCUT2D eigenvalue weighted by Gasteiger charge is 2.58. The summed E-state index contributed by atoms with van der Waals surface area (Å²) in [5.41, 5.74) is 2.29. The van der Waals surface area contributed by atoms with Crippen LogP contribution in [0.3, 0.4) is 0 Å². The molecule has 0 bridgehead atoms. The molecule has 3 fully saturated rings. The molecule has 0 aromatic carbocycles. The summed E-state index contributed by atoms with van der Waals surface area (Å²) in [5, 5.41) is 10.1. The van der Waals surface area contributed by atoms with Crippen LogP contribution in [-0.4, -0.2) is 24.3 Å². The Labute approximate surface area is 158 Å². The molecule has 6 unspecified atom stereocenters. The van der Waals surface area contributed by atoms with Gasteiger partial charge in [0.25, 0.3) is 0 Å². The van der Waals surface area contributed by atoms with Gasteiger partial charge < -0.3 is 9.84 Å². The molecule has 3 nitrogen and oxygen atoms in total. The molecule has 0 aliphatic heterocycles. The lowest BCUT2D eigenvalue weighted by molar-refractivity contribution is -0.141. The van der Waals surface area contributed by atoms with Gasteiger partial charge >= 0.3 is 5.97 Å². The van der Waals surface area contributed by atoms with Crippen LogP contribution in [0, 0.1) is 34.5 Å². The number of aliphatic hydroxyl groups is 1. The molecule has 0 radical (unpaired) electrons. The van der Waals surface area contributed by atoms with Crippen molar-refractivity contribution in [1.29, 1.82) is 0 Å². The van der Waals surface area contributed by atoms with Gasteiger partial charge in [-0.05, 0) is 92.3 Å². The van der Waals surface area contributed by atoms with Gasteiger partial charge in [-0.25, -0.2) is 0 Å². The van der Waals surface area contributed by atoms with Crippen molar-refractivity contribution in [2.45, 2.75) is 84.2 Å². The Morgan fingerprint density at radius 1 is 1.19 bits per heavy atom. The van der Waals surface area contributed by atoms with E-state index in [-0.39, 0.29) is 12.1 Å². The van der Waals surface area contributed by atoms with Crippen LogP contribution in [-0.2, 0) is 9.53 Å². The highest BCUT2D eigenvalue weighted by atomic mass is 16.5. The van der Waals surface area contributed by atoms with Crippen LogP contribution in [0.15, 0.2) is 11.6 Å². The molecule has 26 heavy (non-hydrogen) atoms. The van der Waals surface area contributed by atoms with Crippen LogP contribution in [0.1, 0.15) is 78.1 Å². The van der Waals surface area contributed by atoms with E-state index in [1.807, 2.05) is 0 Å². The van der Waals surface area contributed by atoms with Gasteiger partial charge in [0.1, 0.15) is 0 Å². The topological polar surface area (TPSA) is 46.5 Å². The second-order valence-electron chi connectivity index (χ2n) is 10.1. The molecule has 0 heterocycles. The lowest BCUT2D eigenvalue weighted by atomic mass is 9.47. The number of aliphatic hydroxyl groups excluding tert-OH is 1. The summed E-state index contributed by atoms with van der Waals surface area (Å²) in [4.78, 5) is 11.6. The van der Waals surface area contributed by atoms with Gasteiger partial charge in [-0.15, -0.1) is 0 Å². The van der Waals surface area contributed by atoms with Crippen LogP contribution in [0.5, 0.6) is 0 Å². The molecule has 0 spiro atoms. The zero-order valence-electron chi connectivity index (χ0n) is 16.8. The Kier molecular flexibility index (Phi) is 4.74. The minimum atomic E-state index is -0.117. The van der Waals surface area contributed by atoms with Crippen molar-refractivity contribution in [3.05, 3.63) is 11.6 Å². The highest BCUT2D eigenvalue weighted by molar-refractivity contribution is 5.69. The molecular formula is C23H36O3. The summed E-state index contributed by atoms with van der Waals surface area (Å²) < 4.78 is 4.88. The first-order valence-electron chi connectivity index (χ1n) is 10.8. The Balaban J connectivity index is 1.53. The minimum Gasteiger partial charge on any atom is -0.469 e. The second kappa shape index (κ2) is 6.65. The average Bonchev–Trinajstić information content (AvgIpc) is 2.96. The van der Waals surface area contributed by atoms with Crippen LogP contribution >= 0.6 is 0 Å². The van der Waals surface area contributed by atoms with Gasteiger partial charge in [-0.3, -0.25) is 4.79 Å². The summed E-state index contributed by atoms with van der Waals surface area (Å²) >= 11 is 0. The molecular weight excluding hydrogens is 324 g/mol. The third-order valence-corrected chi connectivity index (χ3v) is 9.20. The number of ether oxygens (including phenoxy) is 1. The van der Waals surface area contributed by atoms with E-state index in [4.69, 9.17) is 4.74 Å². The number of fused-ring (bicyclic) bond motifs is 5. The van der Waals surface area contributed by atoms with Gasteiger partial charge in [0.15, 0.2) is 0 Å². The number of hydrogen-bond acceptors (Lipinski definition) is 3. The van der Waals surface area contributed by atoms with E-state index in [2.05, 4.69) is 19.9 Å². The summed E-state index contributed by atoms with van der Waals surface area (Å²) in [6.45, 7) is 5.02. The number of methoxy groups -OCH3 is 1. The van der Waals surface area contributed by atoms with Crippen molar-refractivity contribution < 1.29 is 14.6 Å². The number of allylic oxidation sites excluding steroid dienone is 1. The minimum absolute atomic E-state index is 0.0516. The first-order valence-corrected chi connectivity index (χ1v) is 10.8. The molecule has 3 saturated carbocycles. The van der Waals surface area contributed by atoms with E-state index < -0.39 is 0 Å². The second-order valence-corrected chi connectivity index (χ2v) is 10.1. The summed E-state index contributed by atoms with van der Waals surface area (Å²) in [6.07, 6.45) is 13.5. The predicted octanol–water partition coefficient (Wildman–Crippen LogP) is 4.88. The lowest BCUT2D eigenvalue weighted by Crippen LogP contribution is -2.50. The molecule has 0 aromatic heterocycles. The molecule has 1 N–H and O–H groups in total. The molecule has 7 atom stereocenters. The molecule has 0 amide bonds. The zero-order chi connectivity index (χ0) is 18.5. The van der Waals surface area contributed by atoms with Crippen molar-refractivity contribution in [1.82, 2.24) is 0 Å². The molecule has 0 saturated heterocycles. The summed E-state index contributed by atoms with van der Waals surface area (Å²) in [5.74, 6) is 3.04. The van der Waals surface area contributed by atoms with E-state index in [1.54, 1.807) is 5.57 Å². The SMILES string of the molecule is COC(=O)CCC1CCC2[C@@H]3CC=C4CC(O)CCC4(C)C3CCC12C. The number of carbonyl (C=O) groups excluding carboxylic acids is 1. The van der Waals surface area contributed by atoms with Gasteiger partial charge in [0.2, 0.25) is 0 Å². The monoisotopic (exact) mass is 360 g/mol. The van der Waals surface area contributed by atoms with Crippen molar-refractivity contribution in [2.75, 3.05) is 7.11 Å². The van der Waals surface area contributed by atoms with E-state index in [0.717, 1.165) is 43.4 Å².